The Balaban J connectivity index is 0.00000225. The maximum Gasteiger partial charge on any atom is 0.191 e. The van der Waals surface area contributed by atoms with Crippen LogP contribution in [0, 0.1) is 0 Å². The first kappa shape index (κ1) is 20.9. The van der Waals surface area contributed by atoms with Gasteiger partial charge in [-0.3, -0.25) is 4.99 Å². The van der Waals surface area contributed by atoms with Crippen LogP contribution in [-0.2, 0) is 12.8 Å². The van der Waals surface area contributed by atoms with Crippen LogP contribution in [0.1, 0.15) is 49.4 Å². The zero-order valence-corrected chi connectivity index (χ0v) is 18.6. The highest BCUT2D eigenvalue weighted by Gasteiger charge is 2.31. The van der Waals surface area contributed by atoms with Gasteiger partial charge in [0.05, 0.1) is 5.01 Å². The molecule has 25 heavy (non-hydrogen) atoms. The van der Waals surface area contributed by atoms with E-state index in [2.05, 4.69) is 34.4 Å². The predicted octanol–water partition coefficient (Wildman–Crippen LogP) is 3.05. The van der Waals surface area contributed by atoms with E-state index < -0.39 is 0 Å². The number of aryl methyl sites for hydroxylation is 1. The van der Waals surface area contributed by atoms with Crippen LogP contribution in [0.15, 0.2) is 11.2 Å². The molecule has 0 atom stereocenters. The minimum Gasteiger partial charge on any atom is -0.357 e. The first-order chi connectivity index (χ1) is 11.8. The number of halogens is 1. The van der Waals surface area contributed by atoms with Gasteiger partial charge >= 0.3 is 0 Å². The lowest BCUT2D eigenvalue weighted by Gasteiger charge is -2.33. The fourth-order valence-corrected chi connectivity index (χ4v) is 4.10. The molecule has 5 nitrogen and oxygen atoms in total. The molecular formula is C18H32IN5S. The Morgan fingerprint density at radius 1 is 1.28 bits per heavy atom. The van der Waals surface area contributed by atoms with Crippen molar-refractivity contribution < 1.29 is 0 Å². The van der Waals surface area contributed by atoms with E-state index in [1.165, 1.54) is 48.7 Å². The van der Waals surface area contributed by atoms with Gasteiger partial charge in [0.15, 0.2) is 5.96 Å². The van der Waals surface area contributed by atoms with Crippen molar-refractivity contribution in [3.8, 4) is 0 Å². The Morgan fingerprint density at radius 2 is 2.04 bits per heavy atom. The van der Waals surface area contributed by atoms with Crippen molar-refractivity contribution in [2.75, 3.05) is 26.2 Å². The Morgan fingerprint density at radius 3 is 2.64 bits per heavy atom. The smallest absolute Gasteiger partial charge is 0.191 e. The molecule has 1 aliphatic heterocycles. The molecule has 2 N–H and O–H groups in total. The molecule has 0 unspecified atom stereocenters. The summed E-state index contributed by atoms with van der Waals surface area (Å²) in [6, 6.07) is 1.46. The highest BCUT2D eigenvalue weighted by Crippen LogP contribution is 2.29. The number of likely N-dealkylation sites (tertiary alicyclic amines) is 1. The third-order valence-corrected chi connectivity index (χ3v) is 6.02. The number of nitrogens with one attached hydrogen (secondary N) is 2. The van der Waals surface area contributed by atoms with Crippen molar-refractivity contribution in [3.63, 3.8) is 0 Å². The molecule has 1 aliphatic carbocycles. The highest BCUT2D eigenvalue weighted by atomic mass is 127. The van der Waals surface area contributed by atoms with Gasteiger partial charge in [0, 0.05) is 55.8 Å². The summed E-state index contributed by atoms with van der Waals surface area (Å²) in [7, 11) is 0. The zero-order valence-electron chi connectivity index (χ0n) is 15.5. The van der Waals surface area contributed by atoms with Crippen molar-refractivity contribution in [2.45, 2.75) is 64.5 Å². The van der Waals surface area contributed by atoms with Crippen molar-refractivity contribution in [1.82, 2.24) is 20.5 Å². The van der Waals surface area contributed by atoms with Crippen molar-refractivity contribution in [1.29, 1.82) is 0 Å². The van der Waals surface area contributed by atoms with Gasteiger partial charge < -0.3 is 15.5 Å². The second kappa shape index (κ2) is 10.7. The Bertz CT molecular complexity index is 535. The molecule has 2 aliphatic rings. The molecule has 2 heterocycles. The Hall–Kier alpha value is -0.410. The van der Waals surface area contributed by atoms with E-state index in [9.17, 15) is 0 Å². The number of hydrogen-bond acceptors (Lipinski definition) is 4. The summed E-state index contributed by atoms with van der Waals surface area (Å²) in [5, 5.41) is 8.22. The molecule has 1 aromatic rings. The van der Waals surface area contributed by atoms with Gasteiger partial charge in [0.2, 0.25) is 0 Å². The van der Waals surface area contributed by atoms with E-state index in [0.29, 0.717) is 6.04 Å². The molecule has 1 saturated heterocycles. The number of hydrogen-bond donors (Lipinski definition) is 2. The summed E-state index contributed by atoms with van der Waals surface area (Å²) in [4.78, 5) is 13.3. The summed E-state index contributed by atoms with van der Waals surface area (Å²) < 4.78 is 0. The largest absolute Gasteiger partial charge is 0.357 e. The van der Waals surface area contributed by atoms with Crippen LogP contribution in [0.2, 0.25) is 0 Å². The second-order valence-corrected chi connectivity index (χ2v) is 7.97. The summed E-state index contributed by atoms with van der Waals surface area (Å²) in [6.07, 6.45) is 9.30. The number of piperidine rings is 1. The second-order valence-electron chi connectivity index (χ2n) is 6.77. The molecular weight excluding hydrogens is 445 g/mol. The van der Waals surface area contributed by atoms with Gasteiger partial charge in [-0.15, -0.1) is 35.3 Å². The van der Waals surface area contributed by atoms with E-state index in [1.54, 1.807) is 0 Å². The number of rotatable bonds is 7. The van der Waals surface area contributed by atoms with E-state index in [4.69, 9.17) is 4.99 Å². The zero-order chi connectivity index (χ0) is 16.8. The van der Waals surface area contributed by atoms with E-state index >= 15 is 0 Å². The normalized spacial score (nSPS) is 19.5. The van der Waals surface area contributed by atoms with Gasteiger partial charge in [-0.1, -0.05) is 6.92 Å². The van der Waals surface area contributed by atoms with Crippen molar-refractivity contribution in [2.24, 2.45) is 4.99 Å². The molecule has 0 aromatic carbocycles. The molecule has 0 amide bonds. The number of guanidine groups is 1. The quantitative estimate of drug-likeness (QED) is 0.360. The lowest BCUT2D eigenvalue weighted by atomic mass is 10.1. The number of aliphatic imine (C=N–C) groups is 1. The molecule has 0 spiro atoms. The lowest BCUT2D eigenvalue weighted by Crippen LogP contribution is -2.49. The van der Waals surface area contributed by atoms with E-state index in [0.717, 1.165) is 37.9 Å². The van der Waals surface area contributed by atoms with Crippen LogP contribution in [0.5, 0.6) is 0 Å². The van der Waals surface area contributed by atoms with Gasteiger partial charge in [-0.05, 0) is 39.0 Å². The molecule has 2 fully saturated rings. The number of thiazole rings is 1. The minimum absolute atomic E-state index is 0. The summed E-state index contributed by atoms with van der Waals surface area (Å²) in [5.41, 5.74) is 0. The number of aromatic nitrogens is 1. The average Bonchev–Trinajstić information content (AvgIpc) is 3.35. The van der Waals surface area contributed by atoms with Crippen molar-refractivity contribution in [3.05, 3.63) is 16.1 Å². The van der Waals surface area contributed by atoms with Gasteiger partial charge in [0.25, 0.3) is 0 Å². The average molecular weight is 477 g/mol. The van der Waals surface area contributed by atoms with Crippen LogP contribution in [-0.4, -0.2) is 54.1 Å². The summed E-state index contributed by atoms with van der Waals surface area (Å²) in [5.74, 6) is 0.967. The third-order valence-electron chi connectivity index (χ3n) is 4.82. The van der Waals surface area contributed by atoms with E-state index in [1.807, 2.05) is 17.5 Å². The lowest BCUT2D eigenvalue weighted by molar-refractivity contribution is 0.197. The summed E-state index contributed by atoms with van der Waals surface area (Å²) >= 11 is 1.82. The highest BCUT2D eigenvalue weighted by molar-refractivity contribution is 14.0. The molecule has 0 bridgehead atoms. The van der Waals surface area contributed by atoms with Crippen LogP contribution < -0.4 is 10.6 Å². The third kappa shape index (κ3) is 6.67. The van der Waals surface area contributed by atoms with Gasteiger partial charge in [-0.2, -0.15) is 0 Å². The van der Waals surface area contributed by atoms with Gasteiger partial charge in [0.1, 0.15) is 0 Å². The summed E-state index contributed by atoms with van der Waals surface area (Å²) in [6.45, 7) is 8.48. The van der Waals surface area contributed by atoms with E-state index in [-0.39, 0.29) is 24.0 Å². The molecule has 0 radical (unpaired) electrons. The fourth-order valence-electron chi connectivity index (χ4n) is 3.25. The maximum absolute atomic E-state index is 4.75. The Labute approximate surface area is 173 Å². The topological polar surface area (TPSA) is 52.6 Å². The molecule has 1 aromatic heterocycles. The first-order valence-electron chi connectivity index (χ1n) is 9.51. The van der Waals surface area contributed by atoms with Crippen LogP contribution in [0.4, 0.5) is 0 Å². The van der Waals surface area contributed by atoms with Crippen LogP contribution in [0.25, 0.3) is 0 Å². The minimum atomic E-state index is 0. The predicted molar refractivity (Wildman–Crippen MR) is 117 cm³/mol. The standard InChI is InChI=1S/C18H31N5S.HI/c1-3-16-13-21-17(24-16)7-10-20-18(19-4-2)22-14-8-11-23(12-9-14)15-5-6-15;/h13-15H,3-12H2,1-2H3,(H2,19,20,22);1H. The van der Waals surface area contributed by atoms with Crippen LogP contribution >= 0.6 is 35.3 Å². The van der Waals surface area contributed by atoms with Crippen molar-refractivity contribution >= 4 is 41.3 Å². The SMILES string of the molecule is CCNC(=NCCc1ncc(CC)s1)NC1CCN(C2CC2)CC1.I. The van der Waals surface area contributed by atoms with Crippen LogP contribution in [0.3, 0.4) is 0 Å². The Kier molecular flexibility index (Phi) is 8.92. The first-order valence-corrected chi connectivity index (χ1v) is 10.3. The molecule has 3 rings (SSSR count). The molecule has 1 saturated carbocycles. The monoisotopic (exact) mass is 477 g/mol. The molecule has 142 valence electrons. The molecule has 7 heteroatoms. The van der Waals surface area contributed by atoms with Gasteiger partial charge in [-0.25, -0.2) is 4.98 Å². The fraction of sp³-hybridized carbons (Fsp3) is 0.778. The number of nitrogens with zero attached hydrogens (tertiary/aromatic N) is 3. The maximum atomic E-state index is 4.75.